The Morgan fingerprint density at radius 1 is 1.32 bits per heavy atom. The Labute approximate surface area is 125 Å². The minimum atomic E-state index is 0.525. The predicted molar refractivity (Wildman–Crippen MR) is 89.0 cm³/mol. The van der Waals surface area contributed by atoms with Crippen molar-refractivity contribution in [3.8, 4) is 0 Å². The largest absolute Gasteiger partial charge is 0.359 e. The van der Waals surface area contributed by atoms with E-state index in [0.29, 0.717) is 12.0 Å². The summed E-state index contributed by atoms with van der Waals surface area (Å²) in [4.78, 5) is 1.25. The van der Waals surface area contributed by atoms with Crippen molar-refractivity contribution in [3.63, 3.8) is 0 Å². The van der Waals surface area contributed by atoms with E-state index in [1.807, 2.05) is 0 Å². The van der Waals surface area contributed by atoms with Gasteiger partial charge in [-0.2, -0.15) is 0 Å². The van der Waals surface area contributed by atoms with E-state index in [2.05, 4.69) is 48.1 Å². The maximum Gasteiger partial charge on any atom is 0.171 e. The minimum Gasteiger partial charge on any atom is -0.359 e. The van der Waals surface area contributed by atoms with Gasteiger partial charge in [0.25, 0.3) is 0 Å². The highest BCUT2D eigenvalue weighted by Crippen LogP contribution is 2.24. The molecule has 2 nitrogen and oxygen atoms in total. The first-order valence-corrected chi connectivity index (χ1v) is 8.54. The molecule has 0 unspecified atom stereocenters. The quantitative estimate of drug-likeness (QED) is 0.642. The molecule has 0 amide bonds. The van der Waals surface area contributed by atoms with E-state index in [1.165, 1.54) is 30.6 Å². The number of nitrogens with one attached hydrogen (secondary N) is 2. The lowest BCUT2D eigenvalue weighted by molar-refractivity contribution is 0.309. The summed E-state index contributed by atoms with van der Waals surface area (Å²) in [6.45, 7) is 2.31. The SMILES string of the molecule is CSc1cccc(NC(=S)N[C@@H]2CCCC[C@H]2C)c1. The highest BCUT2D eigenvalue weighted by molar-refractivity contribution is 7.98. The molecule has 0 spiro atoms. The fraction of sp³-hybridized carbons (Fsp3) is 0.533. The van der Waals surface area contributed by atoms with Crippen molar-refractivity contribution in [1.29, 1.82) is 0 Å². The summed E-state index contributed by atoms with van der Waals surface area (Å²) in [6, 6.07) is 8.87. The van der Waals surface area contributed by atoms with Crippen LogP contribution in [0.3, 0.4) is 0 Å². The van der Waals surface area contributed by atoms with Gasteiger partial charge in [-0.15, -0.1) is 11.8 Å². The van der Waals surface area contributed by atoms with Crippen molar-refractivity contribution in [2.75, 3.05) is 11.6 Å². The van der Waals surface area contributed by atoms with Crippen LogP contribution in [0.4, 0.5) is 5.69 Å². The van der Waals surface area contributed by atoms with Crippen molar-refractivity contribution in [2.45, 2.75) is 43.5 Å². The van der Waals surface area contributed by atoms with Gasteiger partial charge in [0, 0.05) is 16.6 Å². The van der Waals surface area contributed by atoms with Crippen LogP contribution >= 0.6 is 24.0 Å². The Kier molecular flexibility index (Phi) is 5.52. The number of thiocarbonyl (C=S) groups is 1. The fourth-order valence-corrected chi connectivity index (χ4v) is 3.30. The smallest absolute Gasteiger partial charge is 0.171 e. The summed E-state index contributed by atoms with van der Waals surface area (Å²) in [5, 5.41) is 7.51. The van der Waals surface area contributed by atoms with Crippen molar-refractivity contribution in [3.05, 3.63) is 24.3 Å². The van der Waals surface area contributed by atoms with Gasteiger partial charge in [0.15, 0.2) is 5.11 Å². The zero-order valence-corrected chi connectivity index (χ0v) is 13.2. The topological polar surface area (TPSA) is 24.1 Å². The zero-order valence-electron chi connectivity index (χ0n) is 11.6. The molecule has 1 aromatic carbocycles. The second-order valence-electron chi connectivity index (χ2n) is 5.20. The van der Waals surface area contributed by atoms with Crippen molar-refractivity contribution in [1.82, 2.24) is 5.32 Å². The van der Waals surface area contributed by atoms with Gasteiger partial charge in [-0.05, 0) is 55.4 Å². The van der Waals surface area contributed by atoms with Crippen LogP contribution in [-0.4, -0.2) is 17.4 Å². The van der Waals surface area contributed by atoms with Crippen molar-refractivity contribution >= 4 is 34.8 Å². The van der Waals surface area contributed by atoms with Crippen LogP contribution < -0.4 is 10.6 Å². The van der Waals surface area contributed by atoms with Gasteiger partial charge >= 0.3 is 0 Å². The average Bonchev–Trinajstić information content (AvgIpc) is 2.41. The van der Waals surface area contributed by atoms with Gasteiger partial charge in [0.1, 0.15) is 0 Å². The van der Waals surface area contributed by atoms with Crippen LogP contribution in [0.15, 0.2) is 29.2 Å². The van der Waals surface area contributed by atoms with Gasteiger partial charge in [0.2, 0.25) is 0 Å². The Morgan fingerprint density at radius 2 is 2.11 bits per heavy atom. The summed E-state index contributed by atoms with van der Waals surface area (Å²) in [5.41, 5.74) is 1.06. The molecule has 4 heteroatoms. The van der Waals surface area contributed by atoms with Crippen LogP contribution in [0.2, 0.25) is 0 Å². The Morgan fingerprint density at radius 3 is 2.84 bits per heavy atom. The van der Waals surface area contributed by atoms with E-state index in [0.717, 1.165) is 10.8 Å². The molecule has 1 saturated carbocycles. The molecule has 0 heterocycles. The summed E-state index contributed by atoms with van der Waals surface area (Å²) in [7, 11) is 0. The molecule has 0 aromatic heterocycles. The molecule has 19 heavy (non-hydrogen) atoms. The number of thioether (sulfide) groups is 1. The van der Waals surface area contributed by atoms with Crippen LogP contribution in [0.25, 0.3) is 0 Å². The maximum atomic E-state index is 5.42. The number of rotatable bonds is 3. The second-order valence-corrected chi connectivity index (χ2v) is 6.49. The molecule has 1 aliphatic carbocycles. The van der Waals surface area contributed by atoms with Gasteiger partial charge in [-0.3, -0.25) is 0 Å². The van der Waals surface area contributed by atoms with E-state index in [1.54, 1.807) is 11.8 Å². The molecule has 0 bridgehead atoms. The predicted octanol–water partition coefficient (Wildman–Crippen LogP) is 4.27. The third-order valence-corrected chi connectivity index (χ3v) is 4.70. The van der Waals surface area contributed by atoms with Crippen molar-refractivity contribution in [2.24, 2.45) is 5.92 Å². The molecule has 2 atom stereocenters. The van der Waals surface area contributed by atoms with E-state index in [9.17, 15) is 0 Å². The summed E-state index contributed by atoms with van der Waals surface area (Å²) in [5.74, 6) is 0.714. The molecular formula is C15H22N2S2. The molecule has 104 valence electrons. The van der Waals surface area contributed by atoms with Gasteiger partial charge in [0.05, 0.1) is 0 Å². The van der Waals surface area contributed by atoms with Crippen LogP contribution in [0, 0.1) is 5.92 Å². The molecule has 2 rings (SSSR count). The van der Waals surface area contributed by atoms with E-state index >= 15 is 0 Å². The lowest BCUT2D eigenvalue weighted by atomic mass is 9.86. The molecule has 0 aliphatic heterocycles. The van der Waals surface area contributed by atoms with Gasteiger partial charge in [-0.25, -0.2) is 0 Å². The molecule has 1 fully saturated rings. The average molecular weight is 294 g/mol. The van der Waals surface area contributed by atoms with Crippen LogP contribution in [0.1, 0.15) is 32.6 Å². The normalized spacial score (nSPS) is 22.8. The van der Waals surface area contributed by atoms with Gasteiger partial charge in [-0.1, -0.05) is 25.8 Å². The molecule has 0 saturated heterocycles. The van der Waals surface area contributed by atoms with Crippen LogP contribution in [-0.2, 0) is 0 Å². The molecule has 1 aromatic rings. The number of hydrogen-bond donors (Lipinski definition) is 2. The fourth-order valence-electron chi connectivity index (χ4n) is 2.57. The zero-order chi connectivity index (χ0) is 13.7. The van der Waals surface area contributed by atoms with E-state index in [-0.39, 0.29) is 0 Å². The Bertz CT molecular complexity index is 434. The first-order valence-electron chi connectivity index (χ1n) is 6.90. The summed E-state index contributed by atoms with van der Waals surface area (Å²) < 4.78 is 0. The number of hydrogen-bond acceptors (Lipinski definition) is 2. The first kappa shape index (κ1) is 14.7. The monoisotopic (exact) mass is 294 g/mol. The first-order chi connectivity index (χ1) is 9.19. The summed E-state index contributed by atoms with van der Waals surface area (Å²) >= 11 is 7.16. The lowest BCUT2D eigenvalue weighted by Gasteiger charge is -2.30. The molecule has 0 radical (unpaired) electrons. The minimum absolute atomic E-state index is 0.525. The molecular weight excluding hydrogens is 272 g/mol. The molecule has 2 N–H and O–H groups in total. The molecule has 1 aliphatic rings. The maximum absolute atomic E-state index is 5.42. The number of anilines is 1. The van der Waals surface area contributed by atoms with E-state index < -0.39 is 0 Å². The highest BCUT2D eigenvalue weighted by Gasteiger charge is 2.21. The Balaban J connectivity index is 1.89. The van der Waals surface area contributed by atoms with Crippen LogP contribution in [0.5, 0.6) is 0 Å². The Hall–Kier alpha value is -0.740. The number of benzene rings is 1. The summed E-state index contributed by atoms with van der Waals surface area (Å²) in [6.07, 6.45) is 7.29. The second kappa shape index (κ2) is 7.15. The third kappa shape index (κ3) is 4.39. The van der Waals surface area contributed by atoms with Gasteiger partial charge < -0.3 is 10.6 Å². The lowest BCUT2D eigenvalue weighted by Crippen LogP contribution is -2.43. The highest BCUT2D eigenvalue weighted by atomic mass is 32.2. The van der Waals surface area contributed by atoms with E-state index in [4.69, 9.17) is 12.2 Å². The van der Waals surface area contributed by atoms with Crippen molar-refractivity contribution < 1.29 is 0 Å². The standard InChI is InChI=1S/C15H22N2S2/c1-11-6-3-4-9-14(11)17-15(18)16-12-7-5-8-13(10-12)19-2/h5,7-8,10-11,14H,3-4,6,9H2,1-2H3,(H2,16,17,18)/t11-,14-/m1/s1. The third-order valence-electron chi connectivity index (χ3n) is 3.76.